The first kappa shape index (κ1) is 14.5. The number of hydrogen-bond acceptors (Lipinski definition) is 2. The van der Waals surface area contributed by atoms with E-state index in [1.807, 2.05) is 38.1 Å². The fraction of sp³-hybridized carbons (Fsp3) is 0.294. The van der Waals surface area contributed by atoms with Crippen molar-refractivity contribution in [2.24, 2.45) is 0 Å². The standard InChI is InChI=1S/C17H20FNO/c1-3-19-11-15-8-16(18)10-17(9-15)20-12-14-6-4-5-13(2)7-14/h4-10,19H,3,11-12H2,1-2H3. The second-order valence-corrected chi connectivity index (χ2v) is 4.85. The molecule has 0 amide bonds. The molecule has 0 unspecified atom stereocenters. The summed E-state index contributed by atoms with van der Waals surface area (Å²) >= 11 is 0. The summed E-state index contributed by atoms with van der Waals surface area (Å²) in [7, 11) is 0. The predicted molar refractivity (Wildman–Crippen MR) is 79.3 cm³/mol. The lowest BCUT2D eigenvalue weighted by molar-refractivity contribution is 0.304. The van der Waals surface area contributed by atoms with Gasteiger partial charge in [0.25, 0.3) is 0 Å². The maximum Gasteiger partial charge on any atom is 0.127 e. The van der Waals surface area contributed by atoms with Crippen molar-refractivity contribution >= 4 is 0 Å². The normalized spacial score (nSPS) is 10.6. The average Bonchev–Trinajstić information content (AvgIpc) is 2.42. The van der Waals surface area contributed by atoms with E-state index in [2.05, 4.69) is 11.4 Å². The maximum atomic E-state index is 13.5. The lowest BCUT2D eigenvalue weighted by atomic mass is 10.1. The third kappa shape index (κ3) is 4.35. The molecule has 0 aromatic heterocycles. The van der Waals surface area contributed by atoms with Crippen molar-refractivity contribution in [1.82, 2.24) is 5.32 Å². The molecule has 1 N–H and O–H groups in total. The molecule has 3 heteroatoms. The van der Waals surface area contributed by atoms with Crippen LogP contribution in [-0.4, -0.2) is 6.54 Å². The van der Waals surface area contributed by atoms with Crippen LogP contribution >= 0.6 is 0 Å². The van der Waals surface area contributed by atoms with Crippen molar-refractivity contribution < 1.29 is 9.13 Å². The van der Waals surface area contributed by atoms with Crippen molar-refractivity contribution in [2.75, 3.05) is 6.54 Å². The van der Waals surface area contributed by atoms with Gasteiger partial charge in [-0.05, 0) is 36.7 Å². The van der Waals surface area contributed by atoms with E-state index in [0.717, 1.165) is 17.7 Å². The molecule has 106 valence electrons. The molecule has 0 bridgehead atoms. The number of rotatable bonds is 6. The Hall–Kier alpha value is -1.87. The van der Waals surface area contributed by atoms with Crippen LogP contribution in [0.15, 0.2) is 42.5 Å². The number of hydrogen-bond donors (Lipinski definition) is 1. The zero-order chi connectivity index (χ0) is 14.4. The first-order valence-electron chi connectivity index (χ1n) is 6.86. The van der Waals surface area contributed by atoms with Gasteiger partial charge in [0, 0.05) is 12.6 Å². The zero-order valence-electron chi connectivity index (χ0n) is 11.9. The van der Waals surface area contributed by atoms with E-state index in [-0.39, 0.29) is 5.82 Å². The Balaban J connectivity index is 2.03. The summed E-state index contributed by atoms with van der Waals surface area (Å²) < 4.78 is 19.2. The summed E-state index contributed by atoms with van der Waals surface area (Å²) in [5, 5.41) is 3.18. The molecule has 2 aromatic carbocycles. The third-order valence-corrected chi connectivity index (χ3v) is 3.00. The van der Waals surface area contributed by atoms with E-state index in [1.165, 1.54) is 17.7 Å². The van der Waals surface area contributed by atoms with Gasteiger partial charge in [-0.25, -0.2) is 4.39 Å². The molecule has 0 fully saturated rings. The molecular formula is C17H20FNO. The molecule has 0 atom stereocenters. The van der Waals surface area contributed by atoms with Crippen LogP contribution in [0.1, 0.15) is 23.6 Å². The second kappa shape index (κ2) is 7.06. The molecule has 0 saturated heterocycles. The summed E-state index contributed by atoms with van der Waals surface area (Å²) in [6.45, 7) is 6.02. The Bertz CT molecular complexity index is 569. The van der Waals surface area contributed by atoms with Gasteiger partial charge in [-0.3, -0.25) is 0 Å². The Labute approximate surface area is 119 Å². The molecule has 2 rings (SSSR count). The maximum absolute atomic E-state index is 13.5. The number of benzene rings is 2. The second-order valence-electron chi connectivity index (χ2n) is 4.85. The Kier molecular flexibility index (Phi) is 5.13. The summed E-state index contributed by atoms with van der Waals surface area (Å²) in [5.74, 6) is 0.305. The van der Waals surface area contributed by atoms with E-state index in [4.69, 9.17) is 4.74 Å². The van der Waals surface area contributed by atoms with Crippen LogP contribution in [0, 0.1) is 12.7 Å². The Morgan fingerprint density at radius 2 is 1.95 bits per heavy atom. The monoisotopic (exact) mass is 273 g/mol. The van der Waals surface area contributed by atoms with Gasteiger partial charge in [0.05, 0.1) is 0 Å². The first-order chi connectivity index (χ1) is 9.67. The molecule has 20 heavy (non-hydrogen) atoms. The van der Waals surface area contributed by atoms with Crippen molar-refractivity contribution in [3.05, 3.63) is 65.0 Å². The van der Waals surface area contributed by atoms with Gasteiger partial charge in [0.2, 0.25) is 0 Å². The van der Waals surface area contributed by atoms with E-state index in [0.29, 0.717) is 18.9 Å². The van der Waals surface area contributed by atoms with Gasteiger partial charge < -0.3 is 10.1 Å². The largest absolute Gasteiger partial charge is 0.489 e. The topological polar surface area (TPSA) is 21.3 Å². The number of ether oxygens (including phenoxy) is 1. The molecule has 0 heterocycles. The van der Waals surface area contributed by atoms with Crippen LogP contribution in [0.25, 0.3) is 0 Å². The molecule has 0 saturated carbocycles. The van der Waals surface area contributed by atoms with Crippen LogP contribution in [-0.2, 0) is 13.2 Å². The van der Waals surface area contributed by atoms with E-state index in [9.17, 15) is 4.39 Å². The minimum Gasteiger partial charge on any atom is -0.489 e. The fourth-order valence-electron chi connectivity index (χ4n) is 2.04. The highest BCUT2D eigenvalue weighted by atomic mass is 19.1. The van der Waals surface area contributed by atoms with Crippen molar-refractivity contribution in [3.8, 4) is 5.75 Å². The minimum absolute atomic E-state index is 0.264. The van der Waals surface area contributed by atoms with Crippen molar-refractivity contribution in [2.45, 2.75) is 27.0 Å². The number of halogens is 1. The molecule has 0 aliphatic rings. The average molecular weight is 273 g/mol. The molecule has 0 spiro atoms. The van der Waals surface area contributed by atoms with Gasteiger partial charge in [-0.15, -0.1) is 0 Å². The van der Waals surface area contributed by atoms with E-state index >= 15 is 0 Å². The number of nitrogens with one attached hydrogen (secondary N) is 1. The smallest absolute Gasteiger partial charge is 0.127 e. The SMILES string of the molecule is CCNCc1cc(F)cc(OCc2cccc(C)c2)c1. The van der Waals surface area contributed by atoms with Crippen LogP contribution in [0.2, 0.25) is 0 Å². The van der Waals surface area contributed by atoms with E-state index < -0.39 is 0 Å². The lowest BCUT2D eigenvalue weighted by Crippen LogP contribution is -2.12. The van der Waals surface area contributed by atoms with E-state index in [1.54, 1.807) is 0 Å². The highest BCUT2D eigenvalue weighted by Gasteiger charge is 2.02. The Morgan fingerprint density at radius 1 is 1.10 bits per heavy atom. The van der Waals surface area contributed by atoms with Gasteiger partial charge >= 0.3 is 0 Å². The van der Waals surface area contributed by atoms with Crippen LogP contribution in [0.3, 0.4) is 0 Å². The van der Waals surface area contributed by atoms with Gasteiger partial charge in [0.15, 0.2) is 0 Å². The number of aryl methyl sites for hydroxylation is 1. The molecule has 0 aliphatic carbocycles. The zero-order valence-corrected chi connectivity index (χ0v) is 11.9. The van der Waals surface area contributed by atoms with Gasteiger partial charge in [0.1, 0.15) is 18.2 Å². The summed E-state index contributed by atoms with van der Waals surface area (Å²) in [5.41, 5.74) is 3.17. The predicted octanol–water partition coefficient (Wildman–Crippen LogP) is 3.82. The van der Waals surface area contributed by atoms with Crippen LogP contribution in [0.4, 0.5) is 4.39 Å². The molecule has 0 aliphatic heterocycles. The minimum atomic E-state index is -0.264. The van der Waals surface area contributed by atoms with Crippen molar-refractivity contribution in [3.63, 3.8) is 0 Å². The highest BCUT2D eigenvalue weighted by Crippen LogP contribution is 2.18. The van der Waals surface area contributed by atoms with Crippen LogP contribution < -0.4 is 10.1 Å². The summed E-state index contributed by atoms with van der Waals surface area (Å²) in [6.07, 6.45) is 0. The lowest BCUT2D eigenvalue weighted by Gasteiger charge is -2.09. The highest BCUT2D eigenvalue weighted by molar-refractivity contribution is 5.30. The fourth-order valence-corrected chi connectivity index (χ4v) is 2.04. The Morgan fingerprint density at radius 3 is 2.70 bits per heavy atom. The molecule has 0 radical (unpaired) electrons. The third-order valence-electron chi connectivity index (χ3n) is 3.00. The van der Waals surface area contributed by atoms with Gasteiger partial charge in [-0.1, -0.05) is 36.8 Å². The first-order valence-corrected chi connectivity index (χ1v) is 6.86. The molecular weight excluding hydrogens is 253 g/mol. The quantitative estimate of drug-likeness (QED) is 0.864. The van der Waals surface area contributed by atoms with Crippen LogP contribution in [0.5, 0.6) is 5.75 Å². The summed E-state index contributed by atoms with van der Waals surface area (Å²) in [6, 6.07) is 12.9. The molecule has 2 nitrogen and oxygen atoms in total. The summed E-state index contributed by atoms with van der Waals surface area (Å²) in [4.78, 5) is 0. The van der Waals surface area contributed by atoms with Crippen molar-refractivity contribution in [1.29, 1.82) is 0 Å². The van der Waals surface area contributed by atoms with Gasteiger partial charge in [-0.2, -0.15) is 0 Å². The molecule has 2 aromatic rings.